The molecule has 0 bridgehead atoms. The highest BCUT2D eigenvalue weighted by atomic mass is 79.9. The first-order valence-electron chi connectivity index (χ1n) is 2.59. The number of aliphatic imine (C=N–C) groups is 2. The molecule has 0 radical (unpaired) electrons. The Balaban J connectivity index is 2.58. The molecule has 1 aliphatic rings. The summed E-state index contributed by atoms with van der Waals surface area (Å²) in [6, 6.07) is 0. The summed E-state index contributed by atoms with van der Waals surface area (Å²) in [6.45, 7) is 2.79. The molecule has 1 aliphatic heterocycles. The molecule has 44 valence electrons. The first-order chi connectivity index (χ1) is 3.83. The summed E-state index contributed by atoms with van der Waals surface area (Å²) in [5.74, 6) is 0.955. The highest BCUT2D eigenvalue weighted by Gasteiger charge is 2.02. The normalized spacial score (nSPS) is 18.2. The van der Waals surface area contributed by atoms with Gasteiger partial charge in [-0.15, -0.1) is 0 Å². The van der Waals surface area contributed by atoms with Gasteiger partial charge in [-0.2, -0.15) is 0 Å². The minimum Gasteiger partial charge on any atom is -0.263 e. The van der Waals surface area contributed by atoms with Crippen molar-refractivity contribution in [2.24, 2.45) is 9.98 Å². The predicted molar refractivity (Wildman–Crippen MR) is 39.0 cm³/mol. The van der Waals surface area contributed by atoms with Crippen LogP contribution in [0.5, 0.6) is 0 Å². The fourth-order valence-corrected chi connectivity index (χ4v) is 0.888. The predicted octanol–water partition coefficient (Wildman–Crippen LogP) is 1.60. The molecule has 3 heteroatoms. The molecule has 0 aromatic heterocycles. The lowest BCUT2D eigenvalue weighted by Crippen LogP contribution is -1.84. The zero-order valence-electron chi connectivity index (χ0n) is 4.69. The lowest BCUT2D eigenvalue weighted by Gasteiger charge is -1.82. The number of nitrogens with zero attached hydrogens (tertiary/aromatic N) is 2. The second-order valence-electron chi connectivity index (χ2n) is 1.57. The molecule has 0 aromatic carbocycles. The number of halogens is 1. The van der Waals surface area contributed by atoms with E-state index in [0.29, 0.717) is 0 Å². The lowest BCUT2D eigenvalue weighted by atomic mass is 10.5. The molecule has 0 saturated carbocycles. The van der Waals surface area contributed by atoms with Gasteiger partial charge in [-0.25, -0.2) is 4.99 Å². The summed E-state index contributed by atoms with van der Waals surface area (Å²) in [4.78, 5) is 8.19. The van der Waals surface area contributed by atoms with E-state index in [1.165, 1.54) is 0 Å². The minimum atomic E-state index is 0.739. The third-order valence-electron chi connectivity index (χ3n) is 0.959. The molecule has 0 aliphatic carbocycles. The summed E-state index contributed by atoms with van der Waals surface area (Å²) in [5, 5.41) is 0. The third-order valence-corrected chi connectivity index (χ3v) is 1.39. The van der Waals surface area contributed by atoms with Crippen molar-refractivity contribution in [2.45, 2.75) is 13.3 Å². The van der Waals surface area contributed by atoms with Crippen LogP contribution in [0.2, 0.25) is 0 Å². The fourth-order valence-electron chi connectivity index (χ4n) is 0.558. The van der Waals surface area contributed by atoms with Crippen molar-refractivity contribution in [2.75, 3.05) is 6.54 Å². The third kappa shape index (κ3) is 1.15. The van der Waals surface area contributed by atoms with E-state index in [1.807, 2.05) is 6.92 Å². The first-order valence-corrected chi connectivity index (χ1v) is 3.38. The quantitative estimate of drug-likeness (QED) is 0.578. The molecule has 0 atom stereocenters. The van der Waals surface area contributed by atoms with Crippen molar-refractivity contribution in [3.05, 3.63) is 0 Å². The average Bonchev–Trinajstić information content (AvgIpc) is 2.14. The van der Waals surface area contributed by atoms with E-state index >= 15 is 0 Å². The van der Waals surface area contributed by atoms with Crippen LogP contribution in [0.4, 0.5) is 0 Å². The smallest absolute Gasteiger partial charge is 0.124 e. The van der Waals surface area contributed by atoms with Gasteiger partial charge in [0.15, 0.2) is 0 Å². The topological polar surface area (TPSA) is 24.7 Å². The van der Waals surface area contributed by atoms with Crippen molar-refractivity contribution in [1.82, 2.24) is 0 Å². The minimum absolute atomic E-state index is 0.739. The Labute approximate surface area is 56.9 Å². The molecule has 0 spiro atoms. The number of amidine groups is 1. The summed E-state index contributed by atoms with van der Waals surface area (Å²) in [7, 11) is 0. The summed E-state index contributed by atoms with van der Waals surface area (Å²) < 4.78 is 0.953. The van der Waals surface area contributed by atoms with Gasteiger partial charge in [0.1, 0.15) is 10.5 Å². The zero-order valence-corrected chi connectivity index (χ0v) is 6.27. The highest BCUT2D eigenvalue weighted by molar-refractivity contribution is 9.18. The van der Waals surface area contributed by atoms with Crippen LogP contribution >= 0.6 is 15.9 Å². The highest BCUT2D eigenvalue weighted by Crippen LogP contribution is 2.03. The van der Waals surface area contributed by atoms with Crippen molar-refractivity contribution >= 4 is 26.4 Å². The van der Waals surface area contributed by atoms with Gasteiger partial charge in [-0.1, -0.05) is 6.92 Å². The van der Waals surface area contributed by atoms with Crippen LogP contribution in [0.3, 0.4) is 0 Å². The van der Waals surface area contributed by atoms with E-state index in [1.54, 1.807) is 0 Å². The molecular formula is C5H7BrN2. The molecule has 8 heavy (non-hydrogen) atoms. The van der Waals surface area contributed by atoms with Gasteiger partial charge >= 0.3 is 0 Å². The Morgan fingerprint density at radius 3 is 2.75 bits per heavy atom. The van der Waals surface area contributed by atoms with Gasteiger partial charge in [0.2, 0.25) is 0 Å². The molecular weight excluding hydrogens is 168 g/mol. The number of rotatable bonds is 1. The maximum Gasteiger partial charge on any atom is 0.124 e. The van der Waals surface area contributed by atoms with E-state index in [2.05, 4.69) is 25.9 Å². The van der Waals surface area contributed by atoms with Crippen molar-refractivity contribution < 1.29 is 0 Å². The van der Waals surface area contributed by atoms with E-state index in [9.17, 15) is 0 Å². The second kappa shape index (κ2) is 2.40. The molecule has 0 aromatic rings. The molecule has 0 amide bonds. The van der Waals surface area contributed by atoms with Crippen LogP contribution in [0, 0.1) is 0 Å². The summed E-state index contributed by atoms with van der Waals surface area (Å²) >= 11 is 3.25. The van der Waals surface area contributed by atoms with E-state index in [0.717, 1.165) is 23.4 Å². The number of hydrogen-bond donors (Lipinski definition) is 0. The Kier molecular flexibility index (Phi) is 1.78. The van der Waals surface area contributed by atoms with Crippen LogP contribution in [-0.2, 0) is 0 Å². The van der Waals surface area contributed by atoms with Gasteiger partial charge < -0.3 is 0 Å². The van der Waals surface area contributed by atoms with Gasteiger partial charge in [-0.3, -0.25) is 4.99 Å². The first kappa shape index (κ1) is 5.95. The second-order valence-corrected chi connectivity index (χ2v) is 2.49. The van der Waals surface area contributed by atoms with Gasteiger partial charge in [0.05, 0.1) is 6.54 Å². The Morgan fingerprint density at radius 1 is 1.75 bits per heavy atom. The van der Waals surface area contributed by atoms with Crippen LogP contribution in [0.15, 0.2) is 9.98 Å². The molecule has 0 fully saturated rings. The monoisotopic (exact) mass is 174 g/mol. The summed E-state index contributed by atoms with van der Waals surface area (Å²) in [6.07, 6.45) is 0.940. The molecule has 1 rings (SSSR count). The SMILES string of the molecule is CCC1=NCC(Br)=N1. The average molecular weight is 175 g/mol. The lowest BCUT2D eigenvalue weighted by molar-refractivity contribution is 1.22. The van der Waals surface area contributed by atoms with E-state index in [-0.39, 0.29) is 0 Å². The van der Waals surface area contributed by atoms with Gasteiger partial charge in [0.25, 0.3) is 0 Å². The maximum atomic E-state index is 4.10. The molecule has 2 nitrogen and oxygen atoms in total. The fraction of sp³-hybridized carbons (Fsp3) is 0.600. The Bertz CT molecular complexity index is 149. The molecule has 0 N–H and O–H groups in total. The standard InChI is InChI=1S/C5H7BrN2/c1-2-5-7-3-4(6)8-5/h2-3H2,1H3. The molecule has 0 saturated heterocycles. The van der Waals surface area contributed by atoms with Gasteiger partial charge in [-0.05, 0) is 15.9 Å². The van der Waals surface area contributed by atoms with Crippen molar-refractivity contribution in [1.29, 1.82) is 0 Å². The molecule has 0 unspecified atom stereocenters. The van der Waals surface area contributed by atoms with E-state index < -0.39 is 0 Å². The van der Waals surface area contributed by atoms with Crippen LogP contribution in [0.25, 0.3) is 0 Å². The van der Waals surface area contributed by atoms with Crippen molar-refractivity contribution in [3.63, 3.8) is 0 Å². The van der Waals surface area contributed by atoms with Crippen LogP contribution in [-0.4, -0.2) is 17.0 Å². The largest absolute Gasteiger partial charge is 0.263 e. The zero-order chi connectivity index (χ0) is 5.98. The molecule has 1 heterocycles. The Hall–Kier alpha value is -0.180. The maximum absolute atomic E-state index is 4.10. The van der Waals surface area contributed by atoms with Gasteiger partial charge in [0, 0.05) is 6.42 Å². The van der Waals surface area contributed by atoms with Crippen molar-refractivity contribution in [3.8, 4) is 0 Å². The van der Waals surface area contributed by atoms with Crippen LogP contribution in [0.1, 0.15) is 13.3 Å². The Morgan fingerprint density at radius 2 is 2.50 bits per heavy atom. The van der Waals surface area contributed by atoms with E-state index in [4.69, 9.17) is 0 Å². The number of hydrogen-bond acceptors (Lipinski definition) is 2. The van der Waals surface area contributed by atoms with Crippen LogP contribution < -0.4 is 0 Å². The summed E-state index contributed by atoms with van der Waals surface area (Å²) in [5.41, 5.74) is 0.